The molecule has 4 aromatic rings. The summed E-state index contributed by atoms with van der Waals surface area (Å²) >= 11 is 9.79. The largest absolute Gasteiger partial charge is 0.486 e. The van der Waals surface area contributed by atoms with Crippen LogP contribution in [-0.4, -0.2) is 17.2 Å². The van der Waals surface area contributed by atoms with Crippen LogP contribution in [-0.2, 0) is 17.0 Å². The standard InChI is InChI=1S/C28H21BrClFN2O3/c29-23-15-19(16-24(30)26(23)36-18-20-9-7-8-14-25(20)31)17-32-33-27(34)28(35,21-10-3-1-4-11-21)22-12-5-2-6-13-22/h1-17,35H,18H2,(H,33,34)/b32-17+. The molecular formula is C28H21BrClFN2O3. The first-order valence-corrected chi connectivity index (χ1v) is 12.1. The van der Waals surface area contributed by atoms with Gasteiger partial charge in [0, 0.05) is 5.56 Å². The van der Waals surface area contributed by atoms with E-state index in [0.717, 1.165) is 0 Å². The Labute approximate surface area is 221 Å². The molecule has 0 aliphatic carbocycles. The van der Waals surface area contributed by atoms with Crippen LogP contribution in [0.3, 0.4) is 0 Å². The van der Waals surface area contributed by atoms with Crippen LogP contribution in [0.25, 0.3) is 0 Å². The lowest BCUT2D eigenvalue weighted by Gasteiger charge is -2.27. The Bertz CT molecular complexity index is 1320. The third-order valence-electron chi connectivity index (χ3n) is 5.44. The van der Waals surface area contributed by atoms with E-state index < -0.39 is 11.5 Å². The number of hydrogen-bond acceptors (Lipinski definition) is 4. The zero-order valence-electron chi connectivity index (χ0n) is 18.9. The van der Waals surface area contributed by atoms with E-state index in [0.29, 0.717) is 32.5 Å². The fourth-order valence-corrected chi connectivity index (χ4v) is 4.58. The van der Waals surface area contributed by atoms with E-state index in [1.165, 1.54) is 12.3 Å². The molecule has 0 aliphatic heterocycles. The monoisotopic (exact) mass is 566 g/mol. The van der Waals surface area contributed by atoms with Gasteiger partial charge in [0.1, 0.15) is 12.4 Å². The predicted molar refractivity (Wildman–Crippen MR) is 142 cm³/mol. The van der Waals surface area contributed by atoms with E-state index in [9.17, 15) is 14.3 Å². The molecule has 0 radical (unpaired) electrons. The highest BCUT2D eigenvalue weighted by molar-refractivity contribution is 9.10. The summed E-state index contributed by atoms with van der Waals surface area (Å²) in [5, 5.41) is 15.8. The summed E-state index contributed by atoms with van der Waals surface area (Å²) < 4.78 is 20.1. The molecule has 0 saturated carbocycles. The smallest absolute Gasteiger partial charge is 0.281 e. The number of ether oxygens (including phenoxy) is 1. The van der Waals surface area contributed by atoms with Crippen LogP contribution < -0.4 is 10.2 Å². The molecule has 0 heterocycles. The predicted octanol–water partition coefficient (Wildman–Crippen LogP) is 6.21. The van der Waals surface area contributed by atoms with Crippen molar-refractivity contribution in [3.63, 3.8) is 0 Å². The molecule has 182 valence electrons. The fraction of sp³-hybridized carbons (Fsp3) is 0.0714. The number of aliphatic hydroxyl groups is 1. The summed E-state index contributed by atoms with van der Waals surface area (Å²) in [5.74, 6) is -0.731. The van der Waals surface area contributed by atoms with Crippen molar-refractivity contribution in [2.24, 2.45) is 5.10 Å². The Kier molecular flexibility index (Phi) is 8.15. The molecule has 36 heavy (non-hydrogen) atoms. The second-order valence-corrected chi connectivity index (χ2v) is 9.10. The number of carbonyl (C=O) groups is 1. The Hall–Kier alpha value is -3.52. The molecule has 0 bridgehead atoms. The minimum atomic E-state index is -1.94. The van der Waals surface area contributed by atoms with Crippen molar-refractivity contribution in [2.75, 3.05) is 0 Å². The van der Waals surface area contributed by atoms with Crippen molar-refractivity contribution in [1.82, 2.24) is 5.43 Å². The fourth-order valence-electron chi connectivity index (χ4n) is 3.59. The first-order valence-electron chi connectivity index (χ1n) is 10.9. The van der Waals surface area contributed by atoms with Gasteiger partial charge < -0.3 is 9.84 Å². The topological polar surface area (TPSA) is 70.9 Å². The second-order valence-electron chi connectivity index (χ2n) is 7.84. The molecule has 1 amide bonds. The number of hydrazone groups is 1. The molecule has 0 fully saturated rings. The third kappa shape index (κ3) is 5.65. The van der Waals surface area contributed by atoms with Gasteiger partial charge in [0.2, 0.25) is 0 Å². The van der Waals surface area contributed by atoms with E-state index in [-0.39, 0.29) is 17.4 Å². The summed E-state index contributed by atoms with van der Waals surface area (Å²) in [5.41, 5.74) is 2.26. The minimum Gasteiger partial charge on any atom is -0.486 e. The van der Waals surface area contributed by atoms with Crippen molar-refractivity contribution in [1.29, 1.82) is 0 Å². The van der Waals surface area contributed by atoms with Crippen molar-refractivity contribution in [3.8, 4) is 5.75 Å². The molecule has 8 heteroatoms. The number of nitrogens with one attached hydrogen (secondary N) is 1. The number of benzene rings is 4. The Morgan fingerprint density at radius 1 is 1.00 bits per heavy atom. The van der Waals surface area contributed by atoms with Gasteiger partial charge in [0.15, 0.2) is 11.4 Å². The van der Waals surface area contributed by atoms with E-state index in [2.05, 4.69) is 26.5 Å². The van der Waals surface area contributed by atoms with Crippen LogP contribution >= 0.6 is 27.5 Å². The van der Waals surface area contributed by atoms with Crippen LogP contribution in [0.1, 0.15) is 22.3 Å². The number of hydrogen-bond donors (Lipinski definition) is 2. The molecule has 4 rings (SSSR count). The number of halogens is 3. The van der Waals surface area contributed by atoms with Gasteiger partial charge >= 0.3 is 0 Å². The van der Waals surface area contributed by atoms with Crippen LogP contribution in [0.2, 0.25) is 5.02 Å². The van der Waals surface area contributed by atoms with Gasteiger partial charge in [-0.1, -0.05) is 90.5 Å². The number of rotatable bonds is 8. The number of carbonyl (C=O) groups excluding carboxylic acids is 1. The first-order chi connectivity index (χ1) is 17.4. The maximum Gasteiger partial charge on any atom is 0.281 e. The molecule has 2 N–H and O–H groups in total. The molecule has 4 aromatic carbocycles. The maximum atomic E-state index is 13.9. The van der Waals surface area contributed by atoms with E-state index in [1.54, 1.807) is 91.0 Å². The molecule has 5 nitrogen and oxygen atoms in total. The number of nitrogens with zero attached hydrogens (tertiary/aromatic N) is 1. The lowest BCUT2D eigenvalue weighted by molar-refractivity contribution is -0.136. The third-order valence-corrected chi connectivity index (χ3v) is 6.31. The molecule has 0 saturated heterocycles. The summed E-state index contributed by atoms with van der Waals surface area (Å²) in [6.07, 6.45) is 1.39. The maximum absolute atomic E-state index is 13.9. The summed E-state index contributed by atoms with van der Waals surface area (Å²) in [7, 11) is 0. The van der Waals surface area contributed by atoms with E-state index >= 15 is 0 Å². The molecular weight excluding hydrogens is 547 g/mol. The van der Waals surface area contributed by atoms with Crippen LogP contribution in [0.15, 0.2) is 107 Å². The Morgan fingerprint density at radius 3 is 2.17 bits per heavy atom. The molecule has 0 spiro atoms. The average Bonchev–Trinajstić information content (AvgIpc) is 2.89. The van der Waals surface area contributed by atoms with Crippen molar-refractivity contribution in [3.05, 3.63) is 135 Å². The first kappa shape index (κ1) is 25.6. The van der Waals surface area contributed by atoms with Crippen LogP contribution in [0.5, 0.6) is 5.75 Å². The summed E-state index contributed by atoms with van der Waals surface area (Å²) in [6, 6.07) is 26.9. The highest BCUT2D eigenvalue weighted by Crippen LogP contribution is 2.35. The highest BCUT2D eigenvalue weighted by Gasteiger charge is 2.39. The highest BCUT2D eigenvalue weighted by atomic mass is 79.9. The Morgan fingerprint density at radius 2 is 1.58 bits per heavy atom. The zero-order chi connectivity index (χ0) is 25.5. The van der Waals surface area contributed by atoms with Crippen molar-refractivity contribution >= 4 is 39.7 Å². The van der Waals surface area contributed by atoms with Gasteiger partial charge in [-0.3, -0.25) is 4.79 Å². The van der Waals surface area contributed by atoms with Crippen LogP contribution in [0, 0.1) is 5.82 Å². The molecule has 0 aromatic heterocycles. The van der Waals surface area contributed by atoms with Crippen molar-refractivity contribution < 1.29 is 19.0 Å². The minimum absolute atomic E-state index is 0.00599. The Balaban J connectivity index is 1.50. The van der Waals surface area contributed by atoms with Crippen LogP contribution in [0.4, 0.5) is 4.39 Å². The molecule has 0 atom stereocenters. The summed E-state index contributed by atoms with van der Waals surface area (Å²) in [6.45, 7) is 0.00599. The average molecular weight is 568 g/mol. The van der Waals surface area contributed by atoms with E-state index in [1.807, 2.05) is 0 Å². The van der Waals surface area contributed by atoms with E-state index in [4.69, 9.17) is 16.3 Å². The molecule has 0 unspecified atom stereocenters. The van der Waals surface area contributed by atoms with Gasteiger partial charge in [-0.15, -0.1) is 0 Å². The van der Waals surface area contributed by atoms with Gasteiger partial charge in [-0.05, 0) is 50.8 Å². The van der Waals surface area contributed by atoms with Gasteiger partial charge in [0.25, 0.3) is 5.91 Å². The lowest BCUT2D eigenvalue weighted by atomic mass is 9.85. The van der Waals surface area contributed by atoms with Crippen molar-refractivity contribution in [2.45, 2.75) is 12.2 Å². The van der Waals surface area contributed by atoms with Gasteiger partial charge in [-0.2, -0.15) is 5.10 Å². The number of amides is 1. The zero-order valence-corrected chi connectivity index (χ0v) is 21.2. The lowest BCUT2D eigenvalue weighted by Crippen LogP contribution is -2.43. The van der Waals surface area contributed by atoms with Gasteiger partial charge in [-0.25, -0.2) is 9.82 Å². The second kappa shape index (κ2) is 11.5. The molecule has 0 aliphatic rings. The quantitative estimate of drug-likeness (QED) is 0.197. The van der Waals surface area contributed by atoms with Gasteiger partial charge in [0.05, 0.1) is 15.7 Å². The SMILES string of the molecule is O=C(N/N=C/c1cc(Cl)c(OCc2ccccc2F)c(Br)c1)C(O)(c1ccccc1)c1ccccc1. The normalized spacial score (nSPS) is 11.4. The summed E-state index contributed by atoms with van der Waals surface area (Å²) in [4.78, 5) is 13.1.